The Bertz CT molecular complexity index is 938. The van der Waals surface area contributed by atoms with Crippen LogP contribution in [0, 0.1) is 10.1 Å². The number of aromatic nitrogens is 3. The lowest BCUT2D eigenvalue weighted by Crippen LogP contribution is -2.26. The van der Waals surface area contributed by atoms with Crippen LogP contribution in [0.1, 0.15) is 29.1 Å². The van der Waals surface area contributed by atoms with Gasteiger partial charge in [0.15, 0.2) is 5.16 Å². The molecule has 0 bridgehead atoms. The monoisotopic (exact) mass is 373 g/mol. The summed E-state index contributed by atoms with van der Waals surface area (Å²) in [6.45, 7) is 1.77. The maximum Gasteiger partial charge on any atom is 0.284 e. The van der Waals surface area contributed by atoms with E-state index in [0.717, 1.165) is 11.8 Å². The molecular weight excluding hydrogens is 358 g/mol. The molecule has 0 aliphatic rings. The fourth-order valence-electron chi connectivity index (χ4n) is 2.24. The number of benzene rings is 1. The smallest absolute Gasteiger partial charge is 0.284 e. The summed E-state index contributed by atoms with van der Waals surface area (Å²) < 4.78 is 6.89. The second-order valence-electron chi connectivity index (χ2n) is 5.48. The molecule has 0 aliphatic heterocycles. The maximum atomic E-state index is 12.4. The molecule has 2 aromatic heterocycles. The lowest BCUT2D eigenvalue weighted by Gasteiger charge is -2.12. The molecule has 3 aromatic rings. The van der Waals surface area contributed by atoms with Crippen molar-refractivity contribution in [1.29, 1.82) is 0 Å². The summed E-state index contributed by atoms with van der Waals surface area (Å²) in [4.78, 5) is 23.7. The van der Waals surface area contributed by atoms with Gasteiger partial charge in [0.2, 0.25) is 0 Å². The Balaban J connectivity index is 1.82. The minimum atomic E-state index is -0.522. The molecular formula is C16H15N5O4S. The van der Waals surface area contributed by atoms with Crippen molar-refractivity contribution in [2.24, 2.45) is 7.05 Å². The highest BCUT2D eigenvalue weighted by molar-refractivity contribution is 7.99. The molecule has 9 nitrogen and oxygen atoms in total. The highest BCUT2D eigenvalue weighted by Gasteiger charge is 2.21. The van der Waals surface area contributed by atoms with Gasteiger partial charge in [0, 0.05) is 18.7 Å². The van der Waals surface area contributed by atoms with Gasteiger partial charge in [0.1, 0.15) is 12.1 Å². The van der Waals surface area contributed by atoms with Gasteiger partial charge < -0.3 is 14.3 Å². The van der Waals surface area contributed by atoms with E-state index in [0.29, 0.717) is 15.8 Å². The maximum absolute atomic E-state index is 12.4. The van der Waals surface area contributed by atoms with Gasteiger partial charge in [-0.05, 0) is 43.0 Å². The summed E-state index contributed by atoms with van der Waals surface area (Å²) in [5.41, 5.74) is 0.0220. The summed E-state index contributed by atoms with van der Waals surface area (Å²) in [5.74, 6) is 0.175. The van der Waals surface area contributed by atoms with Crippen molar-refractivity contribution < 1.29 is 14.1 Å². The fourth-order valence-corrected chi connectivity index (χ4v) is 3.09. The van der Waals surface area contributed by atoms with Crippen LogP contribution in [0.4, 0.5) is 5.69 Å². The Morgan fingerprint density at radius 3 is 2.85 bits per heavy atom. The average Bonchev–Trinajstić information content (AvgIpc) is 3.27. The Hall–Kier alpha value is -3.14. The fraction of sp³-hybridized carbons (Fsp3) is 0.188. The number of rotatable bonds is 6. The molecule has 3 rings (SSSR count). The molecule has 1 amide bonds. The number of hydrogen-bond donors (Lipinski definition) is 1. The van der Waals surface area contributed by atoms with Crippen molar-refractivity contribution in [1.82, 2.24) is 20.1 Å². The van der Waals surface area contributed by atoms with Gasteiger partial charge in [-0.15, -0.1) is 10.2 Å². The molecule has 26 heavy (non-hydrogen) atoms. The quantitative estimate of drug-likeness (QED) is 0.521. The first-order valence-corrected chi connectivity index (χ1v) is 8.42. The van der Waals surface area contributed by atoms with Gasteiger partial charge in [0.05, 0.1) is 22.1 Å². The number of nitro groups is 1. The Morgan fingerprint density at radius 1 is 1.42 bits per heavy atom. The molecule has 1 aromatic carbocycles. The van der Waals surface area contributed by atoms with Crippen LogP contribution < -0.4 is 5.32 Å². The number of nitro benzene ring substituents is 1. The third-order valence-electron chi connectivity index (χ3n) is 3.61. The minimum Gasteiger partial charge on any atom is -0.467 e. The number of amides is 1. The van der Waals surface area contributed by atoms with Crippen molar-refractivity contribution in [2.45, 2.75) is 23.0 Å². The van der Waals surface area contributed by atoms with Gasteiger partial charge in [-0.1, -0.05) is 0 Å². The molecule has 0 saturated carbocycles. The van der Waals surface area contributed by atoms with E-state index in [1.165, 1.54) is 30.8 Å². The lowest BCUT2D eigenvalue weighted by atomic mass is 10.1. The first-order chi connectivity index (χ1) is 12.5. The molecule has 0 radical (unpaired) electrons. The Kier molecular flexibility index (Phi) is 5.03. The van der Waals surface area contributed by atoms with Crippen LogP contribution in [-0.2, 0) is 7.05 Å². The summed E-state index contributed by atoms with van der Waals surface area (Å²) in [6.07, 6.45) is 3.02. The van der Waals surface area contributed by atoms with Crippen LogP contribution in [0.2, 0.25) is 0 Å². The second-order valence-corrected chi connectivity index (χ2v) is 6.49. The van der Waals surface area contributed by atoms with E-state index >= 15 is 0 Å². The van der Waals surface area contributed by atoms with E-state index in [1.807, 2.05) is 0 Å². The third-order valence-corrected chi connectivity index (χ3v) is 4.72. The largest absolute Gasteiger partial charge is 0.467 e. The number of nitrogens with one attached hydrogen (secondary N) is 1. The van der Waals surface area contributed by atoms with Crippen molar-refractivity contribution in [3.05, 3.63) is 64.4 Å². The number of aryl methyl sites for hydroxylation is 1. The average molecular weight is 373 g/mol. The van der Waals surface area contributed by atoms with Gasteiger partial charge in [0.25, 0.3) is 11.6 Å². The number of furan rings is 1. The van der Waals surface area contributed by atoms with Crippen LogP contribution in [0.15, 0.2) is 57.4 Å². The van der Waals surface area contributed by atoms with Crippen LogP contribution in [0.3, 0.4) is 0 Å². The number of hydrogen-bond acceptors (Lipinski definition) is 7. The van der Waals surface area contributed by atoms with E-state index in [4.69, 9.17) is 4.42 Å². The van der Waals surface area contributed by atoms with Gasteiger partial charge in [-0.3, -0.25) is 14.9 Å². The highest BCUT2D eigenvalue weighted by atomic mass is 32.2. The standard InChI is InChI=1S/C16H15N5O4S/c1-10(13-4-3-7-25-13)18-15(22)11-5-6-14(12(8-11)21(23)24)26-16-19-17-9-20(16)2/h3-10H,1-2H3,(H,18,22)/t10-/m0/s1. The third kappa shape index (κ3) is 3.75. The Labute approximate surface area is 152 Å². The van der Waals surface area contributed by atoms with Gasteiger partial charge >= 0.3 is 0 Å². The number of carbonyl (C=O) groups excluding carboxylic acids is 1. The predicted octanol–water partition coefficient (Wildman–Crippen LogP) is 2.96. The minimum absolute atomic E-state index is 0.170. The molecule has 134 valence electrons. The van der Waals surface area contributed by atoms with Gasteiger partial charge in [-0.2, -0.15) is 0 Å². The number of nitrogens with zero attached hydrogens (tertiary/aromatic N) is 4. The van der Waals surface area contributed by atoms with E-state index < -0.39 is 10.8 Å². The molecule has 1 N–H and O–H groups in total. The van der Waals surface area contributed by atoms with E-state index in [2.05, 4.69) is 15.5 Å². The molecule has 0 unspecified atom stereocenters. The second kappa shape index (κ2) is 7.40. The molecule has 0 aliphatic carbocycles. The summed E-state index contributed by atoms with van der Waals surface area (Å²) in [6, 6.07) is 7.43. The summed E-state index contributed by atoms with van der Waals surface area (Å²) in [5, 5.41) is 22.3. The molecule has 1 atom stereocenters. The summed E-state index contributed by atoms with van der Waals surface area (Å²) in [7, 11) is 1.74. The predicted molar refractivity (Wildman–Crippen MR) is 92.8 cm³/mol. The van der Waals surface area contributed by atoms with Crippen molar-refractivity contribution in [2.75, 3.05) is 0 Å². The summed E-state index contributed by atoms with van der Waals surface area (Å²) >= 11 is 1.11. The molecule has 0 saturated heterocycles. The zero-order valence-corrected chi connectivity index (χ0v) is 14.8. The first kappa shape index (κ1) is 17.7. The van der Waals surface area contributed by atoms with E-state index in [9.17, 15) is 14.9 Å². The molecule has 10 heteroatoms. The van der Waals surface area contributed by atoms with Crippen molar-refractivity contribution in [3.8, 4) is 0 Å². The first-order valence-electron chi connectivity index (χ1n) is 7.60. The molecule has 2 heterocycles. The topological polar surface area (TPSA) is 116 Å². The molecule has 0 fully saturated rings. The SMILES string of the molecule is C[C@H](NC(=O)c1ccc(Sc2nncn2C)c([N+](=O)[O-])c1)c1ccco1. The van der Waals surface area contributed by atoms with Gasteiger partial charge in [-0.25, -0.2) is 0 Å². The van der Waals surface area contributed by atoms with Crippen LogP contribution in [-0.4, -0.2) is 25.6 Å². The van der Waals surface area contributed by atoms with E-state index in [-0.39, 0.29) is 17.3 Å². The zero-order valence-electron chi connectivity index (χ0n) is 13.9. The van der Waals surface area contributed by atoms with Crippen LogP contribution in [0.25, 0.3) is 0 Å². The number of carbonyl (C=O) groups is 1. The Morgan fingerprint density at radius 2 is 2.23 bits per heavy atom. The van der Waals surface area contributed by atoms with Crippen LogP contribution >= 0.6 is 11.8 Å². The normalized spacial score (nSPS) is 11.9. The van der Waals surface area contributed by atoms with E-state index in [1.54, 1.807) is 30.7 Å². The lowest BCUT2D eigenvalue weighted by molar-refractivity contribution is -0.387. The van der Waals surface area contributed by atoms with Crippen molar-refractivity contribution in [3.63, 3.8) is 0 Å². The van der Waals surface area contributed by atoms with Crippen molar-refractivity contribution >= 4 is 23.4 Å². The molecule has 0 spiro atoms. The highest BCUT2D eigenvalue weighted by Crippen LogP contribution is 2.34. The van der Waals surface area contributed by atoms with Crippen LogP contribution in [0.5, 0.6) is 0 Å². The zero-order chi connectivity index (χ0) is 18.7.